The van der Waals surface area contributed by atoms with E-state index in [9.17, 15) is 9.18 Å². The van der Waals surface area contributed by atoms with Gasteiger partial charge in [-0.2, -0.15) is 4.98 Å². The second-order valence-corrected chi connectivity index (χ2v) is 4.19. The summed E-state index contributed by atoms with van der Waals surface area (Å²) in [7, 11) is 1.39. The van der Waals surface area contributed by atoms with Gasteiger partial charge in [0.15, 0.2) is 11.6 Å². The number of rotatable bonds is 2. The monoisotopic (exact) mass is 254 g/mol. The van der Waals surface area contributed by atoms with Crippen molar-refractivity contribution in [2.75, 3.05) is 30.8 Å². The Bertz CT molecular complexity index is 447. The number of anilines is 2. The minimum atomic E-state index is -0.622. The Morgan fingerprint density at radius 3 is 2.78 bits per heavy atom. The average molecular weight is 254 g/mol. The first-order valence-corrected chi connectivity index (χ1v) is 5.72. The van der Waals surface area contributed by atoms with Crippen molar-refractivity contribution in [2.45, 2.75) is 12.8 Å². The Morgan fingerprint density at radius 2 is 2.22 bits per heavy atom. The number of hydrogen-bond acceptors (Lipinski definition) is 6. The van der Waals surface area contributed by atoms with Gasteiger partial charge >= 0.3 is 5.97 Å². The highest BCUT2D eigenvalue weighted by Gasteiger charge is 2.26. The molecule has 1 aromatic rings. The number of nitrogens with two attached hydrogens (primary N) is 1. The van der Waals surface area contributed by atoms with E-state index in [0.717, 1.165) is 6.20 Å². The van der Waals surface area contributed by atoms with Crippen LogP contribution >= 0.6 is 0 Å². The fraction of sp³-hybridized carbons (Fsp3) is 0.545. The van der Waals surface area contributed by atoms with Crippen LogP contribution in [0.5, 0.6) is 0 Å². The van der Waals surface area contributed by atoms with Crippen LogP contribution in [-0.2, 0) is 9.53 Å². The lowest BCUT2D eigenvalue weighted by atomic mass is 9.97. The Morgan fingerprint density at radius 1 is 1.56 bits per heavy atom. The van der Waals surface area contributed by atoms with E-state index >= 15 is 0 Å². The summed E-state index contributed by atoms with van der Waals surface area (Å²) in [6.45, 7) is 1.26. The summed E-state index contributed by atoms with van der Waals surface area (Å²) in [5, 5.41) is 0. The standard InChI is InChI=1S/C11H15FN4O2/c1-18-10(17)7-2-4-16(5-3-7)11-14-6-8(12)9(13)15-11/h6-7H,2-5H2,1H3,(H2,13,14,15). The van der Waals surface area contributed by atoms with Gasteiger partial charge < -0.3 is 15.4 Å². The Hall–Kier alpha value is -1.92. The van der Waals surface area contributed by atoms with E-state index in [0.29, 0.717) is 31.9 Å². The maximum absolute atomic E-state index is 12.9. The maximum atomic E-state index is 12.9. The lowest BCUT2D eigenvalue weighted by Gasteiger charge is -2.30. The minimum absolute atomic E-state index is 0.0796. The summed E-state index contributed by atoms with van der Waals surface area (Å²) in [5.41, 5.74) is 5.40. The number of nitrogen functional groups attached to an aromatic ring is 1. The highest BCUT2D eigenvalue weighted by Crippen LogP contribution is 2.22. The van der Waals surface area contributed by atoms with E-state index in [-0.39, 0.29) is 17.7 Å². The third kappa shape index (κ3) is 2.49. The van der Waals surface area contributed by atoms with Crippen molar-refractivity contribution >= 4 is 17.7 Å². The lowest BCUT2D eigenvalue weighted by Crippen LogP contribution is -2.37. The molecule has 2 rings (SSSR count). The summed E-state index contributed by atoms with van der Waals surface area (Å²) >= 11 is 0. The molecule has 0 spiro atoms. The molecule has 0 aliphatic carbocycles. The topological polar surface area (TPSA) is 81.3 Å². The SMILES string of the molecule is COC(=O)C1CCN(c2ncc(F)c(N)n2)CC1. The zero-order valence-corrected chi connectivity index (χ0v) is 10.1. The van der Waals surface area contributed by atoms with Crippen LogP contribution in [0.3, 0.4) is 0 Å². The van der Waals surface area contributed by atoms with Crippen LogP contribution < -0.4 is 10.6 Å². The molecule has 7 heteroatoms. The number of ether oxygens (including phenoxy) is 1. The lowest BCUT2D eigenvalue weighted by molar-refractivity contribution is -0.146. The number of esters is 1. The summed E-state index contributed by atoms with van der Waals surface area (Å²) in [6.07, 6.45) is 2.41. The van der Waals surface area contributed by atoms with Gasteiger partial charge in [0.1, 0.15) is 0 Å². The molecule has 1 fully saturated rings. The third-order valence-corrected chi connectivity index (χ3v) is 3.07. The molecule has 0 saturated carbocycles. The number of halogens is 1. The van der Waals surface area contributed by atoms with E-state index < -0.39 is 5.82 Å². The molecule has 0 bridgehead atoms. The first-order chi connectivity index (χ1) is 8.61. The minimum Gasteiger partial charge on any atom is -0.469 e. The van der Waals surface area contributed by atoms with E-state index in [1.807, 2.05) is 4.90 Å². The van der Waals surface area contributed by atoms with Crippen molar-refractivity contribution in [1.82, 2.24) is 9.97 Å². The molecule has 1 aliphatic heterocycles. The molecule has 6 nitrogen and oxygen atoms in total. The highest BCUT2D eigenvalue weighted by atomic mass is 19.1. The molecule has 0 unspecified atom stereocenters. The van der Waals surface area contributed by atoms with Crippen LogP contribution in [0.2, 0.25) is 0 Å². The van der Waals surface area contributed by atoms with Gasteiger partial charge in [-0.15, -0.1) is 0 Å². The summed E-state index contributed by atoms with van der Waals surface area (Å²) < 4.78 is 17.7. The molecule has 2 N–H and O–H groups in total. The van der Waals surface area contributed by atoms with Crippen molar-refractivity contribution in [3.63, 3.8) is 0 Å². The van der Waals surface area contributed by atoms with Crippen LogP contribution in [0.1, 0.15) is 12.8 Å². The van der Waals surface area contributed by atoms with Gasteiger partial charge in [-0.3, -0.25) is 4.79 Å². The number of piperidine rings is 1. The molecule has 1 aliphatic rings. The fourth-order valence-electron chi connectivity index (χ4n) is 2.00. The van der Waals surface area contributed by atoms with Gasteiger partial charge in [0.2, 0.25) is 5.95 Å². The van der Waals surface area contributed by atoms with Crippen molar-refractivity contribution in [3.05, 3.63) is 12.0 Å². The first kappa shape index (κ1) is 12.5. The van der Waals surface area contributed by atoms with E-state index in [1.165, 1.54) is 7.11 Å². The van der Waals surface area contributed by atoms with Gasteiger partial charge in [0, 0.05) is 13.1 Å². The molecule has 18 heavy (non-hydrogen) atoms. The van der Waals surface area contributed by atoms with Crippen molar-refractivity contribution < 1.29 is 13.9 Å². The van der Waals surface area contributed by atoms with Crippen LogP contribution in [-0.4, -0.2) is 36.1 Å². The van der Waals surface area contributed by atoms with Crippen LogP contribution in [0, 0.1) is 11.7 Å². The van der Waals surface area contributed by atoms with Gasteiger partial charge in [-0.25, -0.2) is 9.37 Å². The molecule has 2 heterocycles. The van der Waals surface area contributed by atoms with Crippen LogP contribution in [0.15, 0.2) is 6.20 Å². The average Bonchev–Trinajstić information content (AvgIpc) is 2.41. The molecule has 1 saturated heterocycles. The quantitative estimate of drug-likeness (QED) is 0.778. The molecule has 0 aromatic carbocycles. The predicted octanol–water partition coefficient (Wildman–Crippen LogP) is 0.587. The smallest absolute Gasteiger partial charge is 0.308 e. The number of aromatic nitrogens is 2. The molecule has 0 atom stereocenters. The molecule has 0 radical (unpaired) electrons. The molecule has 98 valence electrons. The number of nitrogens with zero attached hydrogens (tertiary/aromatic N) is 3. The van der Waals surface area contributed by atoms with Crippen LogP contribution in [0.25, 0.3) is 0 Å². The van der Waals surface area contributed by atoms with Gasteiger partial charge in [-0.05, 0) is 12.8 Å². The Kier molecular flexibility index (Phi) is 3.59. The maximum Gasteiger partial charge on any atom is 0.308 e. The normalized spacial score (nSPS) is 16.7. The Balaban J connectivity index is 2.01. The van der Waals surface area contributed by atoms with Gasteiger partial charge in [0.25, 0.3) is 0 Å². The predicted molar refractivity (Wildman–Crippen MR) is 63.4 cm³/mol. The second-order valence-electron chi connectivity index (χ2n) is 4.19. The van der Waals surface area contributed by atoms with Crippen molar-refractivity contribution in [3.8, 4) is 0 Å². The largest absolute Gasteiger partial charge is 0.469 e. The van der Waals surface area contributed by atoms with Gasteiger partial charge in [0.05, 0.1) is 19.2 Å². The van der Waals surface area contributed by atoms with E-state index in [4.69, 9.17) is 10.5 Å². The van der Waals surface area contributed by atoms with Crippen LogP contribution in [0.4, 0.5) is 16.2 Å². The summed E-state index contributed by atoms with van der Waals surface area (Å²) in [4.78, 5) is 21.0. The van der Waals surface area contributed by atoms with Crippen molar-refractivity contribution in [2.24, 2.45) is 5.92 Å². The van der Waals surface area contributed by atoms with E-state index in [1.54, 1.807) is 0 Å². The van der Waals surface area contributed by atoms with Gasteiger partial charge in [-0.1, -0.05) is 0 Å². The summed E-state index contributed by atoms with van der Waals surface area (Å²) in [6, 6.07) is 0. The molecule has 0 amide bonds. The third-order valence-electron chi connectivity index (χ3n) is 3.07. The molecular formula is C11H15FN4O2. The molecule has 1 aromatic heterocycles. The second kappa shape index (κ2) is 5.16. The summed E-state index contributed by atoms with van der Waals surface area (Å²) in [5.74, 6) is -0.645. The number of carbonyl (C=O) groups is 1. The number of carbonyl (C=O) groups excluding carboxylic acids is 1. The first-order valence-electron chi connectivity index (χ1n) is 5.72. The molecular weight excluding hydrogens is 239 g/mol. The van der Waals surface area contributed by atoms with E-state index in [2.05, 4.69) is 9.97 Å². The van der Waals surface area contributed by atoms with Crippen molar-refractivity contribution in [1.29, 1.82) is 0 Å². The fourth-order valence-corrected chi connectivity index (χ4v) is 2.00. The highest BCUT2D eigenvalue weighted by molar-refractivity contribution is 5.72. The zero-order valence-electron chi connectivity index (χ0n) is 10.1. The number of hydrogen-bond donors (Lipinski definition) is 1. The zero-order chi connectivity index (χ0) is 13.1. The number of methoxy groups -OCH3 is 1. The Labute approximate surface area is 104 Å².